The first kappa shape index (κ1) is 16.3. The van der Waals surface area contributed by atoms with Crippen LogP contribution in [0, 0.1) is 5.82 Å². The lowest BCUT2D eigenvalue weighted by Gasteiger charge is -2.16. The molecule has 3 aromatic rings. The Hall–Kier alpha value is -2.54. The molecule has 0 radical (unpaired) electrons. The molecule has 5 nitrogen and oxygen atoms in total. The molecule has 0 saturated carbocycles. The first-order valence-electron chi connectivity index (χ1n) is 7.53. The number of hydrogen-bond acceptors (Lipinski definition) is 4. The van der Waals surface area contributed by atoms with Crippen LogP contribution in [0.25, 0.3) is 11.3 Å². The van der Waals surface area contributed by atoms with Gasteiger partial charge in [-0.3, -0.25) is 9.48 Å². The fourth-order valence-corrected chi connectivity index (χ4v) is 3.01. The summed E-state index contributed by atoms with van der Waals surface area (Å²) in [5.74, 6) is -0.259. The van der Waals surface area contributed by atoms with Gasteiger partial charge in [0.25, 0.3) is 0 Å². The molecule has 24 heavy (non-hydrogen) atoms. The summed E-state index contributed by atoms with van der Waals surface area (Å²) in [7, 11) is 1.78. The standard InChI is InChI=1S/C17H17FN4OS/c1-21(9-10-22-8-2-7-19-22)17(23)11-16-20-15(12-24-16)13-3-5-14(18)6-4-13/h2-8,12H,9-11H2,1H3. The highest BCUT2D eigenvalue weighted by molar-refractivity contribution is 7.10. The number of aromatic nitrogens is 3. The second kappa shape index (κ2) is 7.35. The lowest BCUT2D eigenvalue weighted by atomic mass is 10.2. The Morgan fingerprint density at radius 3 is 2.83 bits per heavy atom. The number of rotatable bonds is 6. The lowest BCUT2D eigenvalue weighted by Crippen LogP contribution is -2.31. The van der Waals surface area contributed by atoms with Crippen molar-refractivity contribution >= 4 is 17.2 Å². The molecular weight excluding hydrogens is 327 g/mol. The quantitative estimate of drug-likeness (QED) is 0.691. The molecule has 0 atom stereocenters. The van der Waals surface area contributed by atoms with E-state index < -0.39 is 0 Å². The molecule has 0 N–H and O–H groups in total. The predicted octanol–water partition coefficient (Wildman–Crippen LogP) is 2.85. The number of carbonyl (C=O) groups is 1. The van der Waals surface area contributed by atoms with Crippen LogP contribution in [0.1, 0.15) is 5.01 Å². The van der Waals surface area contributed by atoms with Crippen molar-refractivity contribution in [2.24, 2.45) is 0 Å². The van der Waals surface area contributed by atoms with Crippen LogP contribution < -0.4 is 0 Å². The van der Waals surface area contributed by atoms with Crippen molar-refractivity contribution in [1.29, 1.82) is 0 Å². The molecule has 0 aliphatic heterocycles. The number of nitrogens with zero attached hydrogens (tertiary/aromatic N) is 4. The van der Waals surface area contributed by atoms with Crippen molar-refractivity contribution in [3.63, 3.8) is 0 Å². The van der Waals surface area contributed by atoms with E-state index in [1.54, 1.807) is 35.0 Å². The van der Waals surface area contributed by atoms with Crippen molar-refractivity contribution in [3.05, 3.63) is 58.9 Å². The normalized spacial score (nSPS) is 10.8. The van der Waals surface area contributed by atoms with Gasteiger partial charge in [0.15, 0.2) is 0 Å². The minimum atomic E-state index is -0.275. The van der Waals surface area contributed by atoms with E-state index >= 15 is 0 Å². The molecule has 0 aliphatic rings. The van der Waals surface area contributed by atoms with Gasteiger partial charge in [0, 0.05) is 36.9 Å². The van der Waals surface area contributed by atoms with Crippen LogP contribution in [0.4, 0.5) is 4.39 Å². The maximum atomic E-state index is 13.0. The summed E-state index contributed by atoms with van der Waals surface area (Å²) in [5, 5.41) is 6.76. The average Bonchev–Trinajstić information content (AvgIpc) is 3.25. The van der Waals surface area contributed by atoms with Crippen LogP contribution in [0.2, 0.25) is 0 Å². The Balaban J connectivity index is 1.57. The van der Waals surface area contributed by atoms with E-state index in [9.17, 15) is 9.18 Å². The Kier molecular flexibility index (Phi) is 5.00. The summed E-state index contributed by atoms with van der Waals surface area (Å²) in [4.78, 5) is 18.4. The maximum absolute atomic E-state index is 13.0. The van der Waals surface area contributed by atoms with Crippen molar-refractivity contribution < 1.29 is 9.18 Å². The smallest absolute Gasteiger partial charge is 0.229 e. The molecule has 3 rings (SSSR count). The molecule has 0 spiro atoms. The molecular formula is C17H17FN4OS. The first-order chi connectivity index (χ1) is 11.6. The van der Waals surface area contributed by atoms with Crippen LogP contribution >= 0.6 is 11.3 Å². The van der Waals surface area contributed by atoms with Gasteiger partial charge < -0.3 is 4.90 Å². The zero-order valence-corrected chi connectivity index (χ0v) is 14.0. The maximum Gasteiger partial charge on any atom is 0.229 e. The van der Waals surface area contributed by atoms with Gasteiger partial charge >= 0.3 is 0 Å². The molecule has 124 valence electrons. The van der Waals surface area contributed by atoms with Gasteiger partial charge in [0.1, 0.15) is 10.8 Å². The fourth-order valence-electron chi connectivity index (χ4n) is 2.22. The number of likely N-dealkylation sites (N-methyl/N-ethyl adjacent to an activating group) is 1. The number of thiazole rings is 1. The summed E-state index contributed by atoms with van der Waals surface area (Å²) in [6.45, 7) is 1.25. The topological polar surface area (TPSA) is 51.0 Å². The van der Waals surface area contributed by atoms with E-state index in [0.29, 0.717) is 13.1 Å². The lowest BCUT2D eigenvalue weighted by molar-refractivity contribution is -0.129. The van der Waals surface area contributed by atoms with Crippen LogP contribution in [0.5, 0.6) is 0 Å². The summed E-state index contributed by atoms with van der Waals surface area (Å²) < 4.78 is 14.8. The molecule has 0 saturated heterocycles. The van der Waals surface area contributed by atoms with Crippen molar-refractivity contribution in [3.8, 4) is 11.3 Å². The van der Waals surface area contributed by atoms with Gasteiger partial charge in [-0.15, -0.1) is 11.3 Å². The van der Waals surface area contributed by atoms with Crippen molar-refractivity contribution in [2.75, 3.05) is 13.6 Å². The number of hydrogen-bond donors (Lipinski definition) is 0. The van der Waals surface area contributed by atoms with Crippen molar-refractivity contribution in [2.45, 2.75) is 13.0 Å². The number of amides is 1. The molecule has 7 heteroatoms. The van der Waals surface area contributed by atoms with E-state index in [4.69, 9.17) is 0 Å². The highest BCUT2D eigenvalue weighted by Gasteiger charge is 2.13. The van der Waals surface area contributed by atoms with Crippen LogP contribution in [-0.4, -0.2) is 39.2 Å². The van der Waals surface area contributed by atoms with Crippen LogP contribution in [-0.2, 0) is 17.8 Å². The summed E-state index contributed by atoms with van der Waals surface area (Å²) >= 11 is 1.44. The van der Waals surface area contributed by atoms with Gasteiger partial charge in [-0.25, -0.2) is 9.37 Å². The highest BCUT2D eigenvalue weighted by atomic mass is 32.1. The van der Waals surface area contributed by atoms with Gasteiger partial charge in [-0.2, -0.15) is 5.10 Å². The Morgan fingerprint density at radius 2 is 2.12 bits per heavy atom. The van der Waals surface area contributed by atoms with E-state index in [0.717, 1.165) is 16.3 Å². The van der Waals surface area contributed by atoms with Gasteiger partial charge in [-0.1, -0.05) is 0 Å². The van der Waals surface area contributed by atoms with E-state index in [1.807, 2.05) is 17.6 Å². The second-order valence-corrected chi connectivity index (χ2v) is 6.34. The van der Waals surface area contributed by atoms with E-state index in [1.165, 1.54) is 23.5 Å². The van der Waals surface area contributed by atoms with Crippen LogP contribution in [0.3, 0.4) is 0 Å². The largest absolute Gasteiger partial charge is 0.344 e. The average molecular weight is 344 g/mol. The summed E-state index contributed by atoms with van der Waals surface area (Å²) in [6, 6.07) is 8.04. The Bertz CT molecular complexity index is 798. The molecule has 0 bridgehead atoms. The predicted molar refractivity (Wildman–Crippen MR) is 91.1 cm³/mol. The van der Waals surface area contributed by atoms with Gasteiger partial charge in [-0.05, 0) is 30.3 Å². The minimum Gasteiger partial charge on any atom is -0.344 e. The molecule has 0 fully saturated rings. The first-order valence-corrected chi connectivity index (χ1v) is 8.41. The van der Waals surface area contributed by atoms with Gasteiger partial charge in [0.05, 0.1) is 18.7 Å². The van der Waals surface area contributed by atoms with Crippen molar-refractivity contribution in [1.82, 2.24) is 19.7 Å². The third kappa shape index (κ3) is 4.05. The SMILES string of the molecule is CN(CCn1cccn1)C(=O)Cc1nc(-c2ccc(F)cc2)cs1. The number of benzene rings is 1. The molecule has 0 aliphatic carbocycles. The third-order valence-corrected chi connectivity index (χ3v) is 4.49. The third-order valence-electron chi connectivity index (χ3n) is 3.64. The monoisotopic (exact) mass is 344 g/mol. The molecule has 2 heterocycles. The zero-order valence-electron chi connectivity index (χ0n) is 13.2. The van der Waals surface area contributed by atoms with E-state index in [-0.39, 0.29) is 18.1 Å². The fraction of sp³-hybridized carbons (Fsp3) is 0.235. The van der Waals surface area contributed by atoms with Gasteiger partial charge in [0.2, 0.25) is 5.91 Å². The summed E-state index contributed by atoms with van der Waals surface area (Å²) in [5.41, 5.74) is 1.61. The zero-order chi connectivity index (χ0) is 16.9. The van der Waals surface area contributed by atoms with Crippen LogP contribution in [0.15, 0.2) is 48.1 Å². The molecule has 1 aromatic carbocycles. The number of halogens is 1. The molecule has 2 aromatic heterocycles. The summed E-state index contributed by atoms with van der Waals surface area (Å²) in [6.07, 6.45) is 3.85. The highest BCUT2D eigenvalue weighted by Crippen LogP contribution is 2.22. The molecule has 0 unspecified atom stereocenters. The Labute approximate surface area is 143 Å². The van der Waals surface area contributed by atoms with E-state index in [2.05, 4.69) is 10.1 Å². The second-order valence-electron chi connectivity index (χ2n) is 5.39. The Morgan fingerprint density at radius 1 is 1.33 bits per heavy atom. The minimum absolute atomic E-state index is 0.0159. The molecule has 1 amide bonds. The number of carbonyl (C=O) groups excluding carboxylic acids is 1.